The van der Waals surface area contributed by atoms with Crippen molar-refractivity contribution in [2.24, 2.45) is 5.92 Å². The molecular weight excluding hydrogens is 254 g/mol. The number of amides is 1. The van der Waals surface area contributed by atoms with Gasteiger partial charge in [-0.2, -0.15) is 0 Å². The highest BCUT2D eigenvalue weighted by Crippen LogP contribution is 2.25. The minimum atomic E-state index is -0.796. The minimum absolute atomic E-state index is 0.0599. The van der Waals surface area contributed by atoms with Gasteiger partial charge in [0, 0.05) is 13.1 Å². The van der Waals surface area contributed by atoms with Gasteiger partial charge in [0.1, 0.15) is 0 Å². The molecule has 20 heavy (non-hydrogen) atoms. The number of likely N-dealkylation sites (tertiary alicyclic amines) is 1. The molecule has 2 atom stereocenters. The summed E-state index contributed by atoms with van der Waals surface area (Å²) in [7, 11) is 0. The quantitative estimate of drug-likeness (QED) is 0.918. The summed E-state index contributed by atoms with van der Waals surface area (Å²) in [5.74, 6) is -1.32. The molecule has 1 aromatic carbocycles. The third kappa shape index (κ3) is 3.18. The summed E-state index contributed by atoms with van der Waals surface area (Å²) >= 11 is 0. The number of benzene rings is 1. The first-order chi connectivity index (χ1) is 9.63. The van der Waals surface area contributed by atoms with Gasteiger partial charge in [-0.1, -0.05) is 37.3 Å². The Labute approximate surface area is 119 Å². The lowest BCUT2D eigenvalue weighted by Gasteiger charge is -2.33. The lowest BCUT2D eigenvalue weighted by atomic mass is 9.92. The Morgan fingerprint density at radius 3 is 2.65 bits per heavy atom. The van der Waals surface area contributed by atoms with Gasteiger partial charge >= 0.3 is 5.97 Å². The summed E-state index contributed by atoms with van der Waals surface area (Å²) in [4.78, 5) is 25.5. The second-order valence-corrected chi connectivity index (χ2v) is 5.33. The van der Waals surface area contributed by atoms with E-state index >= 15 is 0 Å². The highest BCUT2D eigenvalue weighted by molar-refractivity contribution is 5.84. The van der Waals surface area contributed by atoms with Crippen molar-refractivity contribution in [3.63, 3.8) is 0 Å². The Hall–Kier alpha value is -1.84. The monoisotopic (exact) mass is 275 g/mol. The summed E-state index contributed by atoms with van der Waals surface area (Å²) in [6.07, 6.45) is 2.17. The lowest BCUT2D eigenvalue weighted by Crippen LogP contribution is -2.44. The molecular formula is C16H21NO3. The molecule has 0 saturated carbocycles. The first-order valence-corrected chi connectivity index (χ1v) is 7.20. The predicted octanol–water partition coefficient (Wildman–Crippen LogP) is 2.50. The molecule has 0 radical (unpaired) electrons. The number of nitrogens with zero attached hydrogens (tertiary/aromatic N) is 1. The predicted molar refractivity (Wildman–Crippen MR) is 76.4 cm³/mol. The molecule has 1 unspecified atom stereocenters. The third-order valence-electron chi connectivity index (χ3n) is 3.99. The Kier molecular flexibility index (Phi) is 4.77. The zero-order chi connectivity index (χ0) is 14.5. The van der Waals surface area contributed by atoms with Crippen LogP contribution in [0, 0.1) is 5.92 Å². The van der Waals surface area contributed by atoms with E-state index in [9.17, 15) is 9.59 Å². The molecule has 1 aromatic rings. The first-order valence-electron chi connectivity index (χ1n) is 7.20. The van der Waals surface area contributed by atoms with Gasteiger partial charge in [-0.3, -0.25) is 9.59 Å². The Morgan fingerprint density at radius 2 is 2.05 bits per heavy atom. The molecule has 1 heterocycles. The van der Waals surface area contributed by atoms with Gasteiger partial charge in [-0.05, 0) is 24.8 Å². The van der Waals surface area contributed by atoms with Crippen LogP contribution in [0.4, 0.5) is 0 Å². The Bertz CT molecular complexity index is 472. The fraction of sp³-hybridized carbons (Fsp3) is 0.500. The molecule has 1 amide bonds. The SMILES string of the molecule is CCC(C(=O)N1CCC[C@H](C(=O)O)C1)c1ccccc1. The fourth-order valence-electron chi connectivity index (χ4n) is 2.84. The molecule has 1 saturated heterocycles. The normalized spacial score (nSPS) is 20.4. The molecule has 0 aliphatic carbocycles. The van der Waals surface area contributed by atoms with E-state index in [0.717, 1.165) is 18.4 Å². The Morgan fingerprint density at radius 1 is 1.35 bits per heavy atom. The average molecular weight is 275 g/mol. The highest BCUT2D eigenvalue weighted by atomic mass is 16.4. The number of aliphatic carboxylic acids is 1. The second kappa shape index (κ2) is 6.55. The third-order valence-corrected chi connectivity index (χ3v) is 3.99. The maximum atomic E-state index is 12.6. The van der Waals surface area contributed by atoms with Crippen LogP contribution in [0.25, 0.3) is 0 Å². The second-order valence-electron chi connectivity index (χ2n) is 5.33. The summed E-state index contributed by atoms with van der Waals surface area (Å²) in [5, 5.41) is 9.11. The number of hydrogen-bond donors (Lipinski definition) is 1. The maximum absolute atomic E-state index is 12.6. The van der Waals surface area contributed by atoms with Crippen LogP contribution in [0.15, 0.2) is 30.3 Å². The number of carboxylic acids is 1. The molecule has 108 valence electrons. The van der Waals surface area contributed by atoms with Gasteiger partial charge in [0.05, 0.1) is 11.8 Å². The summed E-state index contributed by atoms with van der Waals surface area (Å²) in [6.45, 7) is 3.01. The zero-order valence-electron chi connectivity index (χ0n) is 11.8. The van der Waals surface area contributed by atoms with Crippen molar-refractivity contribution in [2.45, 2.75) is 32.1 Å². The van der Waals surface area contributed by atoms with Crippen molar-refractivity contribution in [2.75, 3.05) is 13.1 Å². The van der Waals surface area contributed by atoms with Crippen LogP contribution in [-0.4, -0.2) is 35.0 Å². The summed E-state index contributed by atoms with van der Waals surface area (Å²) in [5.41, 5.74) is 1.01. The first kappa shape index (κ1) is 14.6. The van der Waals surface area contributed by atoms with E-state index in [4.69, 9.17) is 5.11 Å². The number of piperidine rings is 1. The molecule has 1 aliphatic rings. The minimum Gasteiger partial charge on any atom is -0.481 e. The van der Waals surface area contributed by atoms with Crippen LogP contribution in [0.1, 0.15) is 37.7 Å². The van der Waals surface area contributed by atoms with Crippen molar-refractivity contribution in [3.05, 3.63) is 35.9 Å². The fourth-order valence-corrected chi connectivity index (χ4v) is 2.84. The van der Waals surface area contributed by atoms with Crippen molar-refractivity contribution in [3.8, 4) is 0 Å². The number of carbonyl (C=O) groups excluding carboxylic acids is 1. The van der Waals surface area contributed by atoms with E-state index in [1.54, 1.807) is 4.90 Å². The zero-order valence-corrected chi connectivity index (χ0v) is 11.8. The van der Waals surface area contributed by atoms with Gasteiger partial charge in [0.2, 0.25) is 5.91 Å². The molecule has 1 N–H and O–H groups in total. The van der Waals surface area contributed by atoms with Crippen molar-refractivity contribution in [1.82, 2.24) is 4.90 Å². The van der Waals surface area contributed by atoms with Crippen LogP contribution >= 0.6 is 0 Å². The van der Waals surface area contributed by atoms with E-state index in [0.29, 0.717) is 19.5 Å². The van der Waals surface area contributed by atoms with Gasteiger partial charge in [-0.15, -0.1) is 0 Å². The van der Waals surface area contributed by atoms with Gasteiger partial charge < -0.3 is 10.0 Å². The molecule has 0 spiro atoms. The van der Waals surface area contributed by atoms with Crippen LogP contribution in [0.5, 0.6) is 0 Å². The molecule has 4 nitrogen and oxygen atoms in total. The van der Waals surface area contributed by atoms with Gasteiger partial charge in [0.15, 0.2) is 0 Å². The van der Waals surface area contributed by atoms with Gasteiger partial charge in [-0.25, -0.2) is 0 Å². The van der Waals surface area contributed by atoms with E-state index in [-0.39, 0.29) is 11.8 Å². The molecule has 4 heteroatoms. The van der Waals surface area contributed by atoms with E-state index in [1.165, 1.54) is 0 Å². The standard InChI is InChI=1S/C16H21NO3/c1-2-14(12-7-4-3-5-8-12)15(18)17-10-6-9-13(11-17)16(19)20/h3-5,7-8,13-14H,2,6,9-11H2,1H3,(H,19,20)/t13-,14?/m0/s1. The average Bonchev–Trinajstić information content (AvgIpc) is 2.49. The molecule has 1 fully saturated rings. The van der Waals surface area contributed by atoms with Crippen molar-refractivity contribution in [1.29, 1.82) is 0 Å². The van der Waals surface area contributed by atoms with Crippen molar-refractivity contribution >= 4 is 11.9 Å². The molecule has 2 rings (SSSR count). The van der Waals surface area contributed by atoms with Crippen molar-refractivity contribution < 1.29 is 14.7 Å². The topological polar surface area (TPSA) is 57.6 Å². The largest absolute Gasteiger partial charge is 0.481 e. The lowest BCUT2D eigenvalue weighted by molar-refractivity contribution is -0.146. The van der Waals surface area contributed by atoms with Crippen LogP contribution in [-0.2, 0) is 9.59 Å². The number of carbonyl (C=O) groups is 2. The van der Waals surface area contributed by atoms with Crippen LogP contribution in [0.3, 0.4) is 0 Å². The Balaban J connectivity index is 2.11. The van der Waals surface area contributed by atoms with Crippen LogP contribution < -0.4 is 0 Å². The maximum Gasteiger partial charge on any atom is 0.308 e. The van der Waals surface area contributed by atoms with E-state index in [1.807, 2.05) is 37.3 Å². The molecule has 0 aromatic heterocycles. The number of carboxylic acid groups (broad SMARTS) is 1. The number of hydrogen-bond acceptors (Lipinski definition) is 2. The van der Waals surface area contributed by atoms with Gasteiger partial charge in [0.25, 0.3) is 0 Å². The number of rotatable bonds is 4. The van der Waals surface area contributed by atoms with E-state index < -0.39 is 11.9 Å². The highest BCUT2D eigenvalue weighted by Gasteiger charge is 2.31. The van der Waals surface area contributed by atoms with Crippen LogP contribution in [0.2, 0.25) is 0 Å². The molecule has 1 aliphatic heterocycles. The van der Waals surface area contributed by atoms with E-state index in [2.05, 4.69) is 0 Å². The molecule has 0 bridgehead atoms. The smallest absolute Gasteiger partial charge is 0.308 e. The summed E-state index contributed by atoms with van der Waals surface area (Å²) in [6, 6.07) is 9.72. The summed E-state index contributed by atoms with van der Waals surface area (Å²) < 4.78 is 0.